The van der Waals surface area contributed by atoms with Crippen molar-refractivity contribution in [1.29, 1.82) is 0 Å². The van der Waals surface area contributed by atoms with E-state index in [1.807, 2.05) is 47.1 Å². The summed E-state index contributed by atoms with van der Waals surface area (Å²) in [6.07, 6.45) is 6.16. The molecule has 0 saturated heterocycles. The van der Waals surface area contributed by atoms with Crippen LogP contribution in [0.1, 0.15) is 31.7 Å². The molecule has 5 aromatic rings. The molecule has 4 aromatic heterocycles. The fourth-order valence-corrected chi connectivity index (χ4v) is 5.29. The van der Waals surface area contributed by atoms with Crippen LogP contribution >= 0.6 is 11.6 Å². The molecule has 0 unspecified atom stereocenters. The summed E-state index contributed by atoms with van der Waals surface area (Å²) in [7, 11) is 0. The number of carbonyl (C=O) groups is 1. The third-order valence-corrected chi connectivity index (χ3v) is 7.24. The lowest BCUT2D eigenvalue weighted by atomic mass is 9.86. The van der Waals surface area contributed by atoms with E-state index in [4.69, 9.17) is 33.2 Å². The molecule has 0 radical (unpaired) electrons. The van der Waals surface area contributed by atoms with Gasteiger partial charge in [-0.15, -0.1) is 0 Å². The van der Waals surface area contributed by atoms with Crippen molar-refractivity contribution in [2.45, 2.75) is 31.7 Å². The first kappa shape index (κ1) is 22.4. The maximum absolute atomic E-state index is 11.6. The molecule has 1 saturated carbocycles. The highest BCUT2D eigenvalue weighted by atomic mass is 35.5. The largest absolute Gasteiger partial charge is 0.383 e. The van der Waals surface area contributed by atoms with Gasteiger partial charge in [-0.05, 0) is 56.0 Å². The van der Waals surface area contributed by atoms with Crippen LogP contribution in [0.5, 0.6) is 0 Å². The molecule has 9 nitrogen and oxygen atoms in total. The first-order valence-electron chi connectivity index (χ1n) is 11.8. The highest BCUT2D eigenvalue weighted by molar-refractivity contribution is 6.34. The molecule has 180 valence electrons. The van der Waals surface area contributed by atoms with Crippen molar-refractivity contribution in [2.24, 2.45) is 11.7 Å². The molecule has 0 spiro atoms. The van der Waals surface area contributed by atoms with Gasteiger partial charge in [0.15, 0.2) is 5.65 Å². The Hall–Kier alpha value is -4.11. The Bertz CT molecular complexity index is 1610. The first-order valence-corrected chi connectivity index (χ1v) is 12.2. The fourth-order valence-electron chi connectivity index (χ4n) is 5.03. The van der Waals surface area contributed by atoms with Gasteiger partial charge in [-0.3, -0.25) is 9.78 Å². The number of aromatic nitrogens is 6. The fraction of sp³-hybridized carbons (Fsp3) is 0.231. The third-order valence-electron chi connectivity index (χ3n) is 6.92. The summed E-state index contributed by atoms with van der Waals surface area (Å²) in [6, 6.07) is 13.5. The Morgan fingerprint density at radius 3 is 2.58 bits per heavy atom. The molecular formula is C26H23ClN8O. The second kappa shape index (κ2) is 8.83. The number of hydrogen-bond acceptors (Lipinski definition) is 7. The average Bonchev–Trinajstić information content (AvgIpc) is 3.29. The number of halogens is 1. The molecule has 1 aliphatic rings. The normalized spacial score (nSPS) is 18.0. The monoisotopic (exact) mass is 498 g/mol. The predicted molar refractivity (Wildman–Crippen MR) is 139 cm³/mol. The minimum atomic E-state index is -0.244. The predicted octanol–water partition coefficient (Wildman–Crippen LogP) is 4.56. The van der Waals surface area contributed by atoms with Gasteiger partial charge in [0, 0.05) is 23.1 Å². The molecule has 10 heteroatoms. The Morgan fingerprint density at radius 2 is 1.83 bits per heavy atom. The highest BCUT2D eigenvalue weighted by Crippen LogP contribution is 2.40. The van der Waals surface area contributed by atoms with E-state index in [-0.39, 0.29) is 17.9 Å². The van der Waals surface area contributed by atoms with Crippen molar-refractivity contribution in [2.75, 3.05) is 5.73 Å². The lowest BCUT2D eigenvalue weighted by molar-refractivity contribution is -0.122. The van der Waals surface area contributed by atoms with Crippen LogP contribution in [0.15, 0.2) is 55.0 Å². The van der Waals surface area contributed by atoms with Gasteiger partial charge in [-0.2, -0.15) is 5.10 Å². The number of nitrogen functional groups attached to an aromatic ring is 1. The standard InChI is InChI=1S/C26H23ClN8O/c27-18-11-15-6-9-20(19-3-1-2-10-30-19)33-21(15)12-17(18)23-22-24(28)31-13-32-26(22)35(34-23)16-7-4-14(5-8-16)25(29)36/h1-3,6,9-14,16H,4-5,7-8H2,(H2,29,36)(H2,28,31,32). The van der Waals surface area contributed by atoms with E-state index in [0.717, 1.165) is 35.1 Å². The summed E-state index contributed by atoms with van der Waals surface area (Å²) in [5.74, 6) is -0.0125. The van der Waals surface area contributed by atoms with Crippen molar-refractivity contribution in [3.8, 4) is 22.6 Å². The van der Waals surface area contributed by atoms with E-state index in [9.17, 15) is 4.79 Å². The van der Waals surface area contributed by atoms with E-state index in [1.165, 1.54) is 6.33 Å². The second-order valence-electron chi connectivity index (χ2n) is 9.09. The zero-order valence-corrected chi connectivity index (χ0v) is 20.1. The van der Waals surface area contributed by atoms with Gasteiger partial charge in [0.25, 0.3) is 0 Å². The Morgan fingerprint density at radius 1 is 1.00 bits per heavy atom. The quantitative estimate of drug-likeness (QED) is 0.370. The number of nitrogens with two attached hydrogens (primary N) is 2. The van der Waals surface area contributed by atoms with Crippen LogP contribution in [-0.4, -0.2) is 35.6 Å². The van der Waals surface area contributed by atoms with Gasteiger partial charge >= 0.3 is 0 Å². The van der Waals surface area contributed by atoms with E-state index in [0.29, 0.717) is 46.0 Å². The van der Waals surface area contributed by atoms with Crippen molar-refractivity contribution in [3.05, 3.63) is 60.0 Å². The lowest BCUT2D eigenvalue weighted by Crippen LogP contribution is -2.28. The van der Waals surface area contributed by atoms with Crippen LogP contribution in [0.25, 0.3) is 44.6 Å². The van der Waals surface area contributed by atoms with Gasteiger partial charge in [0.2, 0.25) is 5.91 Å². The van der Waals surface area contributed by atoms with Crippen LogP contribution in [-0.2, 0) is 4.79 Å². The third kappa shape index (κ3) is 3.81. The second-order valence-corrected chi connectivity index (χ2v) is 9.50. The topological polar surface area (TPSA) is 138 Å². The molecule has 36 heavy (non-hydrogen) atoms. The van der Waals surface area contributed by atoms with Crippen LogP contribution in [0.2, 0.25) is 5.02 Å². The number of nitrogens with zero attached hydrogens (tertiary/aromatic N) is 6. The van der Waals surface area contributed by atoms with Gasteiger partial charge in [-0.25, -0.2) is 19.6 Å². The number of pyridine rings is 2. The average molecular weight is 499 g/mol. The number of amides is 1. The maximum atomic E-state index is 11.6. The maximum Gasteiger partial charge on any atom is 0.220 e. The number of anilines is 1. The van der Waals surface area contributed by atoms with Gasteiger partial charge in [-0.1, -0.05) is 23.7 Å². The number of benzene rings is 1. The van der Waals surface area contributed by atoms with Crippen LogP contribution in [0.3, 0.4) is 0 Å². The van der Waals surface area contributed by atoms with Crippen LogP contribution < -0.4 is 11.5 Å². The Balaban J connectivity index is 1.48. The Labute approximate surface area is 211 Å². The Kier molecular flexibility index (Phi) is 5.49. The van der Waals surface area contributed by atoms with Crippen molar-refractivity contribution in [1.82, 2.24) is 29.7 Å². The molecule has 0 bridgehead atoms. The molecule has 6 rings (SSSR count). The number of rotatable bonds is 4. The van der Waals surface area contributed by atoms with Gasteiger partial charge in [0.1, 0.15) is 17.8 Å². The first-order chi connectivity index (χ1) is 17.5. The highest BCUT2D eigenvalue weighted by Gasteiger charge is 2.29. The molecule has 0 atom stereocenters. The molecule has 1 aliphatic carbocycles. The van der Waals surface area contributed by atoms with Gasteiger partial charge < -0.3 is 11.5 Å². The molecule has 1 amide bonds. The summed E-state index contributed by atoms with van der Waals surface area (Å²) in [5.41, 5.74) is 16.1. The minimum absolute atomic E-state index is 0.0688. The van der Waals surface area contributed by atoms with E-state index < -0.39 is 0 Å². The summed E-state index contributed by atoms with van der Waals surface area (Å²) in [5, 5.41) is 7.04. The number of primary amides is 1. The summed E-state index contributed by atoms with van der Waals surface area (Å²) < 4.78 is 1.90. The molecule has 1 fully saturated rings. The number of fused-ring (bicyclic) bond motifs is 2. The van der Waals surface area contributed by atoms with E-state index in [1.54, 1.807) is 6.20 Å². The van der Waals surface area contributed by atoms with Crippen molar-refractivity contribution >= 4 is 45.3 Å². The van der Waals surface area contributed by atoms with E-state index in [2.05, 4.69) is 15.0 Å². The van der Waals surface area contributed by atoms with Crippen molar-refractivity contribution < 1.29 is 4.79 Å². The van der Waals surface area contributed by atoms with Crippen LogP contribution in [0.4, 0.5) is 5.82 Å². The smallest absolute Gasteiger partial charge is 0.220 e. The molecule has 0 aliphatic heterocycles. The zero-order valence-electron chi connectivity index (χ0n) is 19.3. The lowest BCUT2D eigenvalue weighted by Gasteiger charge is -2.27. The number of carbonyl (C=O) groups excluding carboxylic acids is 1. The molecule has 1 aromatic carbocycles. The number of hydrogen-bond donors (Lipinski definition) is 2. The van der Waals surface area contributed by atoms with Gasteiger partial charge in [0.05, 0.1) is 33.4 Å². The van der Waals surface area contributed by atoms with Crippen LogP contribution in [0, 0.1) is 5.92 Å². The summed E-state index contributed by atoms with van der Waals surface area (Å²) in [6.45, 7) is 0. The molecular weight excluding hydrogens is 476 g/mol. The van der Waals surface area contributed by atoms with Crippen molar-refractivity contribution in [3.63, 3.8) is 0 Å². The summed E-state index contributed by atoms with van der Waals surface area (Å²) >= 11 is 6.77. The summed E-state index contributed by atoms with van der Waals surface area (Å²) in [4.78, 5) is 29.6. The van der Waals surface area contributed by atoms with E-state index >= 15 is 0 Å². The minimum Gasteiger partial charge on any atom is -0.383 e. The molecule has 4 heterocycles. The molecule has 4 N–H and O–H groups in total. The zero-order chi connectivity index (χ0) is 24.8. The SMILES string of the molecule is NC(=O)C1CCC(n2nc(-c3cc4nc(-c5ccccn5)ccc4cc3Cl)c3c(N)ncnc32)CC1.